The number of carbonyl (C=O) groups excluding carboxylic acids is 4. The van der Waals surface area contributed by atoms with Crippen LogP contribution in [0.4, 0.5) is 18.9 Å². The van der Waals surface area contributed by atoms with Crippen LogP contribution in [0.3, 0.4) is 0 Å². The van der Waals surface area contributed by atoms with Crippen molar-refractivity contribution >= 4 is 40.9 Å². The quantitative estimate of drug-likeness (QED) is 0.147. The van der Waals surface area contributed by atoms with E-state index in [1.807, 2.05) is 0 Å². The molecule has 0 aromatic heterocycles. The summed E-state index contributed by atoms with van der Waals surface area (Å²) in [5, 5.41) is 12.7. The normalized spacial score (nSPS) is 12.0. The molecule has 4 amide bonds. The molecule has 2 aromatic rings. The first kappa shape index (κ1) is 35.9. The van der Waals surface area contributed by atoms with Crippen LogP contribution in [0.2, 0.25) is 5.02 Å². The Bertz CT molecular complexity index is 1350. The van der Waals surface area contributed by atoms with E-state index in [1.165, 1.54) is 26.3 Å². The van der Waals surface area contributed by atoms with Crippen LogP contribution in [0.1, 0.15) is 37.0 Å². The number of rotatable bonds is 15. The molecular weight excluding hydrogens is 607 g/mol. The summed E-state index contributed by atoms with van der Waals surface area (Å²) in [4.78, 5) is 50.5. The summed E-state index contributed by atoms with van der Waals surface area (Å²) in [6.45, 7) is 2.90. The Kier molecular flexibility index (Phi) is 13.5. The first-order valence-electron chi connectivity index (χ1n) is 13.3. The number of hydrogen-bond donors (Lipinski definition) is 5. The summed E-state index contributed by atoms with van der Waals surface area (Å²) in [5.41, 5.74) is -0.434. The number of halogens is 4. The highest BCUT2D eigenvalue weighted by Gasteiger charge is 2.38. The van der Waals surface area contributed by atoms with Crippen molar-refractivity contribution in [1.29, 1.82) is 0 Å². The molecule has 240 valence electrons. The van der Waals surface area contributed by atoms with Gasteiger partial charge in [0.1, 0.15) is 11.4 Å². The topological polar surface area (TPSA) is 147 Å². The Morgan fingerprint density at radius 1 is 0.977 bits per heavy atom. The minimum absolute atomic E-state index is 0.0348. The zero-order chi connectivity index (χ0) is 32.9. The van der Waals surface area contributed by atoms with E-state index >= 15 is 0 Å². The Morgan fingerprint density at radius 3 is 2.27 bits per heavy atom. The van der Waals surface area contributed by atoms with Gasteiger partial charge in [-0.3, -0.25) is 19.2 Å². The van der Waals surface area contributed by atoms with Crippen molar-refractivity contribution in [2.45, 2.75) is 32.9 Å². The van der Waals surface area contributed by atoms with Gasteiger partial charge in [0.15, 0.2) is 6.79 Å². The second-order valence-corrected chi connectivity index (χ2v) is 10.6. The summed E-state index contributed by atoms with van der Waals surface area (Å²) in [6, 6.07) is 12.8. The number of benzene rings is 2. The highest BCUT2D eigenvalue weighted by atomic mass is 35.5. The van der Waals surface area contributed by atoms with Crippen molar-refractivity contribution in [2.24, 2.45) is 5.41 Å². The molecule has 0 radical (unpaired) electrons. The maximum absolute atomic E-state index is 13.2. The van der Waals surface area contributed by atoms with Crippen molar-refractivity contribution in [3.63, 3.8) is 0 Å². The van der Waals surface area contributed by atoms with Crippen molar-refractivity contribution in [2.75, 3.05) is 39.4 Å². The van der Waals surface area contributed by atoms with Crippen LogP contribution in [0.5, 0.6) is 5.75 Å². The first-order chi connectivity index (χ1) is 20.7. The number of alkyl halides is 3. The van der Waals surface area contributed by atoms with Crippen LogP contribution in [-0.4, -0.2) is 63.8 Å². The molecule has 0 fully saturated rings. The highest BCUT2D eigenvalue weighted by Crippen LogP contribution is 2.25. The lowest BCUT2D eigenvalue weighted by Gasteiger charge is -2.25. The largest absolute Gasteiger partial charge is 0.471 e. The molecule has 0 aliphatic rings. The fourth-order valence-corrected chi connectivity index (χ4v) is 3.96. The number of amides is 4. The molecule has 0 aliphatic carbocycles. The van der Waals surface area contributed by atoms with Crippen LogP contribution < -0.4 is 31.3 Å². The van der Waals surface area contributed by atoms with Crippen molar-refractivity contribution < 1.29 is 41.8 Å². The lowest BCUT2D eigenvalue weighted by Crippen LogP contribution is -2.41. The summed E-state index contributed by atoms with van der Waals surface area (Å²) < 4.78 is 48.1. The Labute approximate surface area is 257 Å². The summed E-state index contributed by atoms with van der Waals surface area (Å²) in [6.07, 6.45) is -5.47. The minimum Gasteiger partial charge on any atom is -0.467 e. The third-order valence-electron chi connectivity index (χ3n) is 5.93. The standard InChI is InChI=1S/C29H35ClF3N5O6/c1-28(2,16-36-25(40)20-14-18(30)10-11-22(20)44-17-43-4)15-23(39)38-24(26(41)37-19-8-6-5-7-9-19)21(34-3)12-13-35-27(42)29(31,32)33/h5-11,14,34H,12-13,15-17H2,1-4H3,(H,35,42)(H,36,40)(H,37,41)(H,38,39)/b24-21+. The van der Waals surface area contributed by atoms with E-state index in [9.17, 15) is 32.3 Å². The maximum Gasteiger partial charge on any atom is 0.471 e. The molecule has 0 unspecified atom stereocenters. The monoisotopic (exact) mass is 641 g/mol. The Hall–Kier alpha value is -4.30. The van der Waals surface area contributed by atoms with E-state index in [1.54, 1.807) is 55.6 Å². The van der Waals surface area contributed by atoms with E-state index in [2.05, 4.69) is 21.3 Å². The van der Waals surface area contributed by atoms with Gasteiger partial charge in [0, 0.05) is 56.5 Å². The predicted octanol–water partition coefficient (Wildman–Crippen LogP) is 3.72. The van der Waals surface area contributed by atoms with Gasteiger partial charge in [-0.2, -0.15) is 13.2 Å². The van der Waals surface area contributed by atoms with E-state index in [0.717, 1.165) is 0 Å². The third-order valence-corrected chi connectivity index (χ3v) is 6.16. The molecule has 0 saturated heterocycles. The van der Waals surface area contributed by atoms with Gasteiger partial charge in [-0.1, -0.05) is 43.6 Å². The van der Waals surface area contributed by atoms with Crippen LogP contribution in [0.15, 0.2) is 59.9 Å². The number of carbonyl (C=O) groups is 4. The molecule has 0 heterocycles. The number of nitrogens with one attached hydrogen (secondary N) is 5. The third kappa shape index (κ3) is 11.8. The Balaban J connectivity index is 2.17. The smallest absolute Gasteiger partial charge is 0.467 e. The summed E-state index contributed by atoms with van der Waals surface area (Å²) in [5.74, 6) is -3.75. The molecule has 5 N–H and O–H groups in total. The van der Waals surface area contributed by atoms with Gasteiger partial charge in [-0.15, -0.1) is 0 Å². The molecule has 15 heteroatoms. The average Bonchev–Trinajstić information content (AvgIpc) is 2.96. The fourth-order valence-electron chi connectivity index (χ4n) is 3.78. The Morgan fingerprint density at radius 2 is 1.66 bits per heavy atom. The number of methoxy groups -OCH3 is 1. The molecule has 0 bridgehead atoms. The molecule has 11 nitrogen and oxygen atoms in total. The predicted molar refractivity (Wildman–Crippen MR) is 158 cm³/mol. The highest BCUT2D eigenvalue weighted by molar-refractivity contribution is 6.31. The van der Waals surface area contributed by atoms with Gasteiger partial charge in [0.25, 0.3) is 11.8 Å². The van der Waals surface area contributed by atoms with Gasteiger partial charge in [-0.05, 0) is 35.7 Å². The zero-order valence-electron chi connectivity index (χ0n) is 24.6. The number of hydrogen-bond acceptors (Lipinski definition) is 7. The second kappa shape index (κ2) is 16.5. The van der Waals surface area contributed by atoms with Gasteiger partial charge >= 0.3 is 12.1 Å². The minimum atomic E-state index is -5.07. The van der Waals surface area contributed by atoms with Gasteiger partial charge in [0.2, 0.25) is 5.91 Å². The van der Waals surface area contributed by atoms with Crippen molar-refractivity contribution in [3.8, 4) is 5.75 Å². The summed E-state index contributed by atoms with van der Waals surface area (Å²) >= 11 is 6.05. The number of anilines is 1. The van der Waals surface area contributed by atoms with Crippen LogP contribution in [-0.2, 0) is 19.1 Å². The summed E-state index contributed by atoms with van der Waals surface area (Å²) in [7, 11) is 2.85. The zero-order valence-corrected chi connectivity index (χ0v) is 25.4. The lowest BCUT2D eigenvalue weighted by molar-refractivity contribution is -0.173. The number of para-hydroxylation sites is 1. The van der Waals surface area contributed by atoms with Gasteiger partial charge < -0.3 is 36.1 Å². The molecule has 44 heavy (non-hydrogen) atoms. The molecule has 0 saturated carbocycles. The first-order valence-corrected chi connectivity index (χ1v) is 13.7. The van der Waals surface area contributed by atoms with Gasteiger partial charge in [0.05, 0.1) is 5.56 Å². The van der Waals surface area contributed by atoms with Crippen molar-refractivity contribution in [3.05, 3.63) is 70.5 Å². The fraction of sp³-hybridized carbons (Fsp3) is 0.379. The number of ether oxygens (including phenoxy) is 2. The van der Waals surface area contributed by atoms with E-state index in [-0.39, 0.29) is 48.9 Å². The SMILES string of the molecule is CN/C(CCNC(=O)C(F)(F)F)=C(/NC(=O)CC(C)(C)CNC(=O)c1cc(Cl)ccc1OCOC)C(=O)Nc1ccccc1. The van der Waals surface area contributed by atoms with Gasteiger partial charge in [-0.25, -0.2) is 0 Å². The molecule has 0 aliphatic heterocycles. The molecule has 2 aromatic carbocycles. The van der Waals surface area contributed by atoms with Crippen LogP contribution in [0.25, 0.3) is 0 Å². The molecular formula is C29H35ClF3N5O6. The second-order valence-electron chi connectivity index (χ2n) is 10.2. The molecule has 2 rings (SSSR count). The average molecular weight is 642 g/mol. The maximum atomic E-state index is 13.2. The van der Waals surface area contributed by atoms with E-state index < -0.39 is 41.8 Å². The van der Waals surface area contributed by atoms with Crippen LogP contribution in [0, 0.1) is 5.41 Å². The molecule has 0 spiro atoms. The van der Waals surface area contributed by atoms with E-state index in [4.69, 9.17) is 21.1 Å². The lowest BCUT2D eigenvalue weighted by atomic mass is 9.88. The van der Waals surface area contributed by atoms with Crippen LogP contribution >= 0.6 is 11.6 Å². The molecule has 0 atom stereocenters. The van der Waals surface area contributed by atoms with E-state index in [0.29, 0.717) is 10.7 Å². The van der Waals surface area contributed by atoms with Crippen molar-refractivity contribution in [1.82, 2.24) is 21.3 Å².